The van der Waals surface area contributed by atoms with Crippen LogP contribution in [-0.2, 0) is 11.3 Å². The Hall–Kier alpha value is -2.88. The number of amides is 1. The second kappa shape index (κ2) is 9.40. The highest BCUT2D eigenvalue weighted by Crippen LogP contribution is 2.33. The van der Waals surface area contributed by atoms with Gasteiger partial charge in [-0.3, -0.25) is 0 Å². The summed E-state index contributed by atoms with van der Waals surface area (Å²) >= 11 is 3.51. The van der Waals surface area contributed by atoms with Gasteiger partial charge in [0, 0.05) is 25.0 Å². The van der Waals surface area contributed by atoms with E-state index in [0.29, 0.717) is 17.7 Å². The fraction of sp³-hybridized carbons (Fsp3) is 0.500. The SMILES string of the molecule is COc1ccc(Cn2nc(Br)c3ncc(N4CCC(C)(CNC(=O)OC(C)(C)C)C4)nc32)cc1. The molecule has 3 heterocycles. The molecule has 2 aromatic heterocycles. The molecule has 10 heteroatoms. The predicted molar refractivity (Wildman–Crippen MR) is 134 cm³/mol. The summed E-state index contributed by atoms with van der Waals surface area (Å²) in [4.78, 5) is 23.8. The Labute approximate surface area is 208 Å². The molecule has 1 aliphatic heterocycles. The van der Waals surface area contributed by atoms with E-state index in [-0.39, 0.29) is 11.5 Å². The first-order valence-electron chi connectivity index (χ1n) is 11.3. The van der Waals surface area contributed by atoms with Crippen molar-refractivity contribution in [3.8, 4) is 5.75 Å². The van der Waals surface area contributed by atoms with Gasteiger partial charge in [-0.25, -0.2) is 19.4 Å². The zero-order chi connectivity index (χ0) is 24.5. The van der Waals surface area contributed by atoms with Gasteiger partial charge in [0.15, 0.2) is 10.3 Å². The Morgan fingerprint density at radius 1 is 1.26 bits per heavy atom. The predicted octanol–water partition coefficient (Wildman–Crippen LogP) is 4.39. The summed E-state index contributed by atoms with van der Waals surface area (Å²) in [5.74, 6) is 1.62. The first-order valence-corrected chi connectivity index (χ1v) is 12.1. The van der Waals surface area contributed by atoms with Crippen molar-refractivity contribution in [2.45, 2.75) is 46.3 Å². The number of rotatable bonds is 6. The van der Waals surface area contributed by atoms with Gasteiger partial charge in [-0.2, -0.15) is 5.10 Å². The number of nitrogens with one attached hydrogen (secondary N) is 1. The fourth-order valence-electron chi connectivity index (χ4n) is 4.03. The quantitative estimate of drug-likeness (QED) is 0.504. The molecular formula is C24H31BrN6O3. The van der Waals surface area contributed by atoms with Crippen LogP contribution in [0.1, 0.15) is 39.7 Å². The molecule has 0 spiro atoms. The van der Waals surface area contributed by atoms with E-state index in [0.717, 1.165) is 47.8 Å². The first-order chi connectivity index (χ1) is 16.0. The Morgan fingerprint density at radius 3 is 2.68 bits per heavy atom. The molecule has 1 saturated heterocycles. The first kappa shape index (κ1) is 24.3. The van der Waals surface area contributed by atoms with E-state index in [4.69, 9.17) is 14.5 Å². The zero-order valence-electron chi connectivity index (χ0n) is 20.3. The highest BCUT2D eigenvalue weighted by Gasteiger charge is 2.35. The lowest BCUT2D eigenvalue weighted by Gasteiger charge is -2.26. The van der Waals surface area contributed by atoms with Gasteiger partial charge in [0.25, 0.3) is 0 Å². The summed E-state index contributed by atoms with van der Waals surface area (Å²) in [6.07, 6.45) is 2.33. The van der Waals surface area contributed by atoms with E-state index in [1.807, 2.05) is 49.7 Å². The third-order valence-corrected chi connectivity index (χ3v) is 6.36. The molecule has 1 N–H and O–H groups in total. The number of hydrogen-bond donors (Lipinski definition) is 1. The lowest BCUT2D eigenvalue weighted by atomic mass is 9.90. The van der Waals surface area contributed by atoms with E-state index in [9.17, 15) is 4.79 Å². The highest BCUT2D eigenvalue weighted by molar-refractivity contribution is 9.10. The van der Waals surface area contributed by atoms with Crippen LogP contribution in [0.5, 0.6) is 5.75 Å². The van der Waals surface area contributed by atoms with Crippen molar-refractivity contribution < 1.29 is 14.3 Å². The highest BCUT2D eigenvalue weighted by atomic mass is 79.9. The van der Waals surface area contributed by atoms with Crippen LogP contribution in [0.15, 0.2) is 35.1 Å². The monoisotopic (exact) mass is 530 g/mol. The van der Waals surface area contributed by atoms with Crippen molar-refractivity contribution in [2.75, 3.05) is 31.6 Å². The van der Waals surface area contributed by atoms with Gasteiger partial charge in [0.2, 0.25) is 0 Å². The van der Waals surface area contributed by atoms with Crippen LogP contribution in [-0.4, -0.2) is 58.2 Å². The Morgan fingerprint density at radius 2 is 2.00 bits per heavy atom. The molecular weight excluding hydrogens is 500 g/mol. The molecule has 1 aromatic carbocycles. The number of carbonyl (C=O) groups excluding carboxylic acids is 1. The van der Waals surface area contributed by atoms with Crippen molar-refractivity contribution in [2.24, 2.45) is 5.41 Å². The number of aromatic nitrogens is 4. The molecule has 9 nitrogen and oxygen atoms in total. The van der Waals surface area contributed by atoms with Crippen molar-refractivity contribution in [3.63, 3.8) is 0 Å². The summed E-state index contributed by atoms with van der Waals surface area (Å²) in [7, 11) is 1.65. The molecule has 1 amide bonds. The van der Waals surface area contributed by atoms with Crippen molar-refractivity contribution in [3.05, 3.63) is 40.6 Å². The van der Waals surface area contributed by atoms with Crippen molar-refractivity contribution >= 4 is 39.0 Å². The normalized spacial score (nSPS) is 18.4. The number of carbonyl (C=O) groups is 1. The molecule has 1 unspecified atom stereocenters. The number of anilines is 1. The van der Waals surface area contributed by atoms with Gasteiger partial charge in [-0.05, 0) is 60.8 Å². The minimum absolute atomic E-state index is 0.0858. The van der Waals surface area contributed by atoms with Crippen LogP contribution in [0.2, 0.25) is 0 Å². The minimum Gasteiger partial charge on any atom is -0.497 e. The Balaban J connectivity index is 1.48. The van der Waals surface area contributed by atoms with Gasteiger partial charge in [-0.15, -0.1) is 0 Å². The lowest BCUT2D eigenvalue weighted by Crippen LogP contribution is -2.40. The largest absolute Gasteiger partial charge is 0.497 e. The molecule has 1 atom stereocenters. The zero-order valence-corrected chi connectivity index (χ0v) is 21.8. The van der Waals surface area contributed by atoms with Gasteiger partial charge in [-0.1, -0.05) is 19.1 Å². The number of ether oxygens (including phenoxy) is 2. The van der Waals surface area contributed by atoms with Crippen LogP contribution < -0.4 is 15.0 Å². The molecule has 3 aromatic rings. The van der Waals surface area contributed by atoms with Gasteiger partial charge in [0.1, 0.15) is 22.7 Å². The fourth-order valence-corrected chi connectivity index (χ4v) is 4.50. The summed E-state index contributed by atoms with van der Waals surface area (Å²) in [6, 6.07) is 7.90. The standard InChI is InChI=1S/C24H31BrN6O3/c1-23(2,3)34-22(32)27-14-24(4)10-11-30(15-24)18-12-26-19-20(25)29-31(21(19)28-18)13-16-6-8-17(33-5)9-7-16/h6-9,12H,10-11,13-15H2,1-5H3,(H,27,32). The average Bonchev–Trinajstić information content (AvgIpc) is 3.32. The number of benzene rings is 1. The average molecular weight is 531 g/mol. The van der Waals surface area contributed by atoms with Crippen molar-refractivity contribution in [1.82, 2.24) is 25.1 Å². The number of fused-ring (bicyclic) bond motifs is 1. The summed E-state index contributed by atoms with van der Waals surface area (Å²) in [5.41, 5.74) is 1.94. The molecule has 182 valence electrons. The van der Waals surface area contributed by atoms with Gasteiger partial charge < -0.3 is 19.7 Å². The van der Waals surface area contributed by atoms with E-state index in [1.54, 1.807) is 13.3 Å². The number of nitrogens with zero attached hydrogens (tertiary/aromatic N) is 5. The number of halogens is 1. The van der Waals surface area contributed by atoms with Gasteiger partial charge >= 0.3 is 6.09 Å². The molecule has 34 heavy (non-hydrogen) atoms. The number of hydrogen-bond acceptors (Lipinski definition) is 7. The number of alkyl carbamates (subject to hydrolysis) is 1. The summed E-state index contributed by atoms with van der Waals surface area (Å²) in [6.45, 7) is 10.4. The van der Waals surface area contributed by atoms with Crippen LogP contribution in [0.25, 0.3) is 11.2 Å². The molecule has 0 bridgehead atoms. The molecule has 0 saturated carbocycles. The van der Waals surface area contributed by atoms with Crippen LogP contribution in [0, 0.1) is 5.41 Å². The third kappa shape index (κ3) is 5.60. The summed E-state index contributed by atoms with van der Waals surface area (Å²) < 4.78 is 13.1. The van der Waals surface area contributed by atoms with Crippen molar-refractivity contribution in [1.29, 1.82) is 0 Å². The van der Waals surface area contributed by atoms with E-state index >= 15 is 0 Å². The Bertz CT molecular complexity index is 1170. The second-order valence-electron chi connectivity index (χ2n) is 10.0. The van der Waals surface area contributed by atoms with Gasteiger partial charge in [0.05, 0.1) is 19.9 Å². The van der Waals surface area contributed by atoms with E-state index < -0.39 is 5.60 Å². The van der Waals surface area contributed by atoms with E-state index in [2.05, 4.69) is 43.2 Å². The molecule has 0 radical (unpaired) electrons. The van der Waals surface area contributed by atoms with Crippen LogP contribution in [0.4, 0.5) is 10.6 Å². The topological polar surface area (TPSA) is 94.4 Å². The lowest BCUT2D eigenvalue weighted by molar-refractivity contribution is 0.0507. The molecule has 4 rings (SSSR count). The molecule has 1 fully saturated rings. The van der Waals surface area contributed by atoms with E-state index in [1.165, 1.54) is 0 Å². The smallest absolute Gasteiger partial charge is 0.407 e. The second-order valence-corrected chi connectivity index (χ2v) is 10.8. The molecule has 1 aliphatic rings. The maximum Gasteiger partial charge on any atom is 0.407 e. The maximum absolute atomic E-state index is 12.1. The third-order valence-electron chi connectivity index (χ3n) is 5.82. The van der Waals surface area contributed by atoms with Crippen LogP contribution >= 0.6 is 15.9 Å². The maximum atomic E-state index is 12.1. The molecule has 0 aliphatic carbocycles. The van der Waals surface area contributed by atoms with Crippen LogP contribution in [0.3, 0.4) is 0 Å². The number of methoxy groups -OCH3 is 1. The summed E-state index contributed by atoms with van der Waals surface area (Å²) in [5, 5.41) is 7.52. The minimum atomic E-state index is -0.513. The Kier molecular flexibility index (Phi) is 6.71.